The Morgan fingerprint density at radius 1 is 1.26 bits per heavy atom. The summed E-state index contributed by atoms with van der Waals surface area (Å²) in [5, 5.41) is 3.56. The van der Waals surface area contributed by atoms with E-state index in [1.54, 1.807) is 6.07 Å². The number of halogens is 2. The average molecular weight is 330 g/mol. The molecule has 0 aliphatic carbocycles. The standard InChI is InChI=1S/C16H25BrFN/c1-5-9-19-12(4)14(11(2)3)10-13-7-6-8-15(18)16(13)17/h6-8,11-12,14,19H,5,9-10H2,1-4H3. The Bertz CT molecular complexity index is 392. The van der Waals surface area contributed by atoms with E-state index in [9.17, 15) is 4.39 Å². The summed E-state index contributed by atoms with van der Waals surface area (Å²) in [6.45, 7) is 9.92. The lowest BCUT2D eigenvalue weighted by Crippen LogP contribution is -2.37. The molecule has 1 rings (SSSR count). The highest BCUT2D eigenvalue weighted by Gasteiger charge is 2.22. The summed E-state index contributed by atoms with van der Waals surface area (Å²) in [6.07, 6.45) is 2.03. The molecule has 3 heteroatoms. The summed E-state index contributed by atoms with van der Waals surface area (Å²) in [5.74, 6) is 0.897. The van der Waals surface area contributed by atoms with Crippen molar-refractivity contribution in [1.29, 1.82) is 0 Å². The van der Waals surface area contributed by atoms with Gasteiger partial charge in [-0.2, -0.15) is 0 Å². The van der Waals surface area contributed by atoms with Crippen LogP contribution in [0.3, 0.4) is 0 Å². The van der Waals surface area contributed by atoms with E-state index in [1.165, 1.54) is 6.07 Å². The lowest BCUT2D eigenvalue weighted by Gasteiger charge is -2.29. The Morgan fingerprint density at radius 2 is 1.95 bits per heavy atom. The SMILES string of the molecule is CCCNC(C)C(Cc1cccc(F)c1Br)C(C)C. The molecule has 0 saturated carbocycles. The van der Waals surface area contributed by atoms with Gasteiger partial charge in [0.25, 0.3) is 0 Å². The fourth-order valence-corrected chi connectivity index (χ4v) is 2.90. The molecule has 0 fully saturated rings. The van der Waals surface area contributed by atoms with Crippen LogP contribution in [0, 0.1) is 17.7 Å². The van der Waals surface area contributed by atoms with Crippen molar-refractivity contribution in [3.8, 4) is 0 Å². The maximum Gasteiger partial charge on any atom is 0.137 e. The zero-order valence-electron chi connectivity index (χ0n) is 12.3. The minimum atomic E-state index is -0.172. The summed E-state index contributed by atoms with van der Waals surface area (Å²) in [6, 6.07) is 5.73. The van der Waals surface area contributed by atoms with Gasteiger partial charge in [0.1, 0.15) is 5.82 Å². The molecule has 108 valence electrons. The van der Waals surface area contributed by atoms with E-state index in [0.717, 1.165) is 24.9 Å². The summed E-state index contributed by atoms with van der Waals surface area (Å²) in [4.78, 5) is 0. The van der Waals surface area contributed by atoms with Crippen LogP contribution < -0.4 is 5.32 Å². The first-order valence-electron chi connectivity index (χ1n) is 7.13. The molecule has 1 N–H and O–H groups in total. The van der Waals surface area contributed by atoms with E-state index in [-0.39, 0.29) is 5.82 Å². The van der Waals surface area contributed by atoms with Crippen molar-refractivity contribution in [1.82, 2.24) is 5.32 Å². The largest absolute Gasteiger partial charge is 0.314 e. The fraction of sp³-hybridized carbons (Fsp3) is 0.625. The normalized spacial score (nSPS) is 14.7. The molecule has 0 radical (unpaired) electrons. The highest BCUT2D eigenvalue weighted by atomic mass is 79.9. The van der Waals surface area contributed by atoms with Gasteiger partial charge in [-0.3, -0.25) is 0 Å². The summed E-state index contributed by atoms with van der Waals surface area (Å²) >= 11 is 3.36. The van der Waals surface area contributed by atoms with Gasteiger partial charge in [-0.25, -0.2) is 4.39 Å². The first-order valence-corrected chi connectivity index (χ1v) is 7.92. The van der Waals surface area contributed by atoms with Crippen molar-refractivity contribution in [2.45, 2.75) is 46.6 Å². The van der Waals surface area contributed by atoms with E-state index in [1.807, 2.05) is 6.07 Å². The topological polar surface area (TPSA) is 12.0 Å². The predicted molar refractivity (Wildman–Crippen MR) is 83.9 cm³/mol. The van der Waals surface area contributed by atoms with Crippen molar-refractivity contribution in [2.75, 3.05) is 6.54 Å². The van der Waals surface area contributed by atoms with Crippen LogP contribution >= 0.6 is 15.9 Å². The van der Waals surface area contributed by atoms with Crippen LogP contribution in [0.2, 0.25) is 0 Å². The third-order valence-corrected chi connectivity index (χ3v) is 4.59. The van der Waals surface area contributed by atoms with Gasteiger partial charge < -0.3 is 5.32 Å². The molecule has 1 aromatic carbocycles. The second-order valence-corrected chi connectivity index (χ2v) is 6.36. The van der Waals surface area contributed by atoms with Crippen LogP contribution in [-0.4, -0.2) is 12.6 Å². The van der Waals surface area contributed by atoms with Crippen molar-refractivity contribution in [2.24, 2.45) is 11.8 Å². The molecule has 19 heavy (non-hydrogen) atoms. The fourth-order valence-electron chi connectivity index (χ4n) is 2.47. The van der Waals surface area contributed by atoms with Crippen molar-refractivity contribution < 1.29 is 4.39 Å². The van der Waals surface area contributed by atoms with Crippen LogP contribution in [-0.2, 0) is 6.42 Å². The van der Waals surface area contributed by atoms with Crippen LogP contribution in [0.5, 0.6) is 0 Å². The van der Waals surface area contributed by atoms with Crippen LogP contribution in [0.1, 0.15) is 39.7 Å². The molecule has 2 unspecified atom stereocenters. The van der Waals surface area contributed by atoms with Crippen LogP contribution in [0.25, 0.3) is 0 Å². The average Bonchev–Trinajstić information content (AvgIpc) is 2.37. The Morgan fingerprint density at radius 3 is 2.53 bits per heavy atom. The molecule has 2 atom stereocenters. The van der Waals surface area contributed by atoms with Gasteiger partial charge in [0, 0.05) is 6.04 Å². The molecule has 0 aliphatic heterocycles. The molecule has 1 aromatic rings. The lowest BCUT2D eigenvalue weighted by atomic mass is 9.84. The van der Waals surface area contributed by atoms with E-state index in [0.29, 0.717) is 22.4 Å². The maximum absolute atomic E-state index is 13.6. The van der Waals surface area contributed by atoms with Crippen molar-refractivity contribution in [3.63, 3.8) is 0 Å². The number of rotatable bonds is 7. The smallest absolute Gasteiger partial charge is 0.137 e. The Balaban J connectivity index is 2.81. The molecule has 1 nitrogen and oxygen atoms in total. The molecule has 0 saturated heterocycles. The lowest BCUT2D eigenvalue weighted by molar-refractivity contribution is 0.288. The number of nitrogens with one attached hydrogen (secondary N) is 1. The van der Waals surface area contributed by atoms with Crippen LogP contribution in [0.15, 0.2) is 22.7 Å². The van der Waals surface area contributed by atoms with Gasteiger partial charge in [0.15, 0.2) is 0 Å². The number of hydrogen-bond donors (Lipinski definition) is 1. The molecular weight excluding hydrogens is 305 g/mol. The molecule has 0 aromatic heterocycles. The zero-order valence-corrected chi connectivity index (χ0v) is 13.9. The van der Waals surface area contributed by atoms with Crippen LogP contribution in [0.4, 0.5) is 4.39 Å². The third kappa shape index (κ3) is 4.88. The maximum atomic E-state index is 13.6. The quantitative estimate of drug-likeness (QED) is 0.758. The predicted octanol–water partition coefficient (Wildman–Crippen LogP) is 4.79. The minimum Gasteiger partial charge on any atom is -0.314 e. The van der Waals surface area contributed by atoms with Gasteiger partial charge in [-0.05, 0) is 65.7 Å². The summed E-state index contributed by atoms with van der Waals surface area (Å²) < 4.78 is 14.2. The second kappa shape index (κ2) is 8.01. The van der Waals surface area contributed by atoms with Crippen molar-refractivity contribution in [3.05, 3.63) is 34.1 Å². The monoisotopic (exact) mass is 329 g/mol. The number of benzene rings is 1. The van der Waals surface area contributed by atoms with Gasteiger partial charge in [-0.15, -0.1) is 0 Å². The Labute approximate surface area is 125 Å². The van der Waals surface area contributed by atoms with Crippen molar-refractivity contribution >= 4 is 15.9 Å². The second-order valence-electron chi connectivity index (χ2n) is 5.57. The minimum absolute atomic E-state index is 0.172. The summed E-state index contributed by atoms with van der Waals surface area (Å²) in [5.41, 5.74) is 1.06. The summed E-state index contributed by atoms with van der Waals surface area (Å²) in [7, 11) is 0. The van der Waals surface area contributed by atoms with Gasteiger partial charge in [0.05, 0.1) is 4.47 Å². The Hall–Kier alpha value is -0.410. The third-order valence-electron chi connectivity index (χ3n) is 3.70. The van der Waals surface area contributed by atoms with E-state index in [2.05, 4.69) is 48.9 Å². The molecule has 0 spiro atoms. The highest BCUT2D eigenvalue weighted by Crippen LogP contribution is 2.27. The highest BCUT2D eigenvalue weighted by molar-refractivity contribution is 9.10. The molecule has 0 heterocycles. The Kier molecular flexibility index (Phi) is 7.01. The van der Waals surface area contributed by atoms with E-state index >= 15 is 0 Å². The van der Waals surface area contributed by atoms with E-state index in [4.69, 9.17) is 0 Å². The molecule has 0 bridgehead atoms. The number of hydrogen-bond acceptors (Lipinski definition) is 1. The van der Waals surface area contributed by atoms with Gasteiger partial charge >= 0.3 is 0 Å². The first-order chi connectivity index (χ1) is 8.97. The van der Waals surface area contributed by atoms with E-state index < -0.39 is 0 Å². The first kappa shape index (κ1) is 16.6. The van der Waals surface area contributed by atoms with Gasteiger partial charge in [-0.1, -0.05) is 32.9 Å². The van der Waals surface area contributed by atoms with Gasteiger partial charge in [0.2, 0.25) is 0 Å². The molecule has 0 aliphatic rings. The molecular formula is C16H25BrFN. The molecule has 0 amide bonds. The zero-order chi connectivity index (χ0) is 14.4.